The van der Waals surface area contributed by atoms with Gasteiger partial charge in [-0.3, -0.25) is 4.90 Å². The van der Waals surface area contributed by atoms with Gasteiger partial charge in [0.05, 0.1) is 0 Å². The molecule has 0 bridgehead atoms. The molecule has 3 N–H and O–H groups in total. The summed E-state index contributed by atoms with van der Waals surface area (Å²) in [6, 6.07) is 0.599. The van der Waals surface area contributed by atoms with Gasteiger partial charge < -0.3 is 10.8 Å². The molecule has 112 valence electrons. The average molecular weight is 268 g/mol. The monoisotopic (exact) mass is 268 g/mol. The van der Waals surface area contributed by atoms with E-state index in [0.717, 1.165) is 18.9 Å². The molecule has 0 aromatic carbocycles. The molecule has 19 heavy (non-hydrogen) atoms. The molecule has 1 unspecified atom stereocenters. The first kappa shape index (κ1) is 15.3. The molecule has 0 aromatic rings. The lowest BCUT2D eigenvalue weighted by molar-refractivity contribution is 0.0421. The average Bonchev–Trinajstić information content (AvgIpc) is 2.44. The van der Waals surface area contributed by atoms with Crippen molar-refractivity contribution < 1.29 is 5.11 Å². The van der Waals surface area contributed by atoms with E-state index in [2.05, 4.69) is 11.8 Å². The lowest BCUT2D eigenvalue weighted by atomic mass is 9.70. The van der Waals surface area contributed by atoms with Crippen LogP contribution in [-0.2, 0) is 0 Å². The van der Waals surface area contributed by atoms with E-state index < -0.39 is 0 Å². The summed E-state index contributed by atoms with van der Waals surface area (Å²) in [5.74, 6) is 0.884. The maximum atomic E-state index is 9.25. The molecule has 3 heteroatoms. The largest absolute Gasteiger partial charge is 0.396 e. The molecule has 1 saturated heterocycles. The summed E-state index contributed by atoms with van der Waals surface area (Å²) in [4.78, 5) is 2.64. The van der Waals surface area contributed by atoms with Gasteiger partial charge >= 0.3 is 0 Å². The molecular weight excluding hydrogens is 236 g/mol. The minimum Gasteiger partial charge on any atom is -0.396 e. The minimum atomic E-state index is 0.327. The third-order valence-electron chi connectivity index (χ3n) is 5.52. The third-order valence-corrected chi connectivity index (χ3v) is 5.52. The quantitative estimate of drug-likeness (QED) is 0.805. The van der Waals surface area contributed by atoms with E-state index in [-0.39, 0.29) is 0 Å². The Labute approximate surface area is 118 Å². The van der Waals surface area contributed by atoms with Gasteiger partial charge in [0.2, 0.25) is 0 Å². The summed E-state index contributed by atoms with van der Waals surface area (Å²) in [6.45, 7) is 5.91. The number of nitrogens with zero attached hydrogens (tertiary/aromatic N) is 1. The van der Waals surface area contributed by atoms with Gasteiger partial charge in [-0.1, -0.05) is 26.2 Å². The van der Waals surface area contributed by atoms with Crippen molar-refractivity contribution in [1.29, 1.82) is 0 Å². The third kappa shape index (κ3) is 3.93. The molecule has 1 saturated carbocycles. The molecular formula is C16H32N2O. The standard InChI is InChI=1S/C16H32N2O/c1-14-5-8-16(12-17,9-6-14)13-18-10-3-2-4-15(18)7-11-19/h14-15,19H,2-13,17H2,1H3. The van der Waals surface area contributed by atoms with E-state index in [1.807, 2.05) is 0 Å². The van der Waals surface area contributed by atoms with Crippen molar-refractivity contribution in [3.63, 3.8) is 0 Å². The van der Waals surface area contributed by atoms with Crippen molar-refractivity contribution in [2.75, 3.05) is 26.2 Å². The van der Waals surface area contributed by atoms with Crippen LogP contribution in [0.5, 0.6) is 0 Å². The SMILES string of the molecule is CC1CCC(CN)(CN2CCCCC2CCO)CC1. The van der Waals surface area contributed by atoms with Crippen LogP contribution in [-0.4, -0.2) is 42.3 Å². The molecule has 2 fully saturated rings. The lowest BCUT2D eigenvalue weighted by Crippen LogP contribution is -2.50. The fourth-order valence-electron chi connectivity index (χ4n) is 3.98. The van der Waals surface area contributed by atoms with E-state index in [1.54, 1.807) is 0 Å². The second kappa shape index (κ2) is 7.05. The summed E-state index contributed by atoms with van der Waals surface area (Å²) < 4.78 is 0. The van der Waals surface area contributed by atoms with Crippen LogP contribution in [0.25, 0.3) is 0 Å². The van der Waals surface area contributed by atoms with E-state index in [0.29, 0.717) is 18.1 Å². The zero-order chi connectivity index (χ0) is 13.7. The van der Waals surface area contributed by atoms with E-state index in [1.165, 1.54) is 58.0 Å². The Hall–Kier alpha value is -0.120. The predicted octanol–water partition coefficient (Wildman–Crippen LogP) is 2.38. The zero-order valence-electron chi connectivity index (χ0n) is 12.6. The fraction of sp³-hybridized carbons (Fsp3) is 1.00. The molecule has 0 spiro atoms. The molecule has 1 atom stereocenters. The van der Waals surface area contributed by atoms with E-state index in [4.69, 9.17) is 5.73 Å². The van der Waals surface area contributed by atoms with Crippen molar-refractivity contribution in [2.24, 2.45) is 17.1 Å². The van der Waals surface area contributed by atoms with Crippen LogP contribution in [0.1, 0.15) is 58.3 Å². The number of piperidine rings is 1. The van der Waals surface area contributed by atoms with Gasteiger partial charge in [-0.05, 0) is 56.5 Å². The summed E-state index contributed by atoms with van der Waals surface area (Å²) in [5, 5.41) is 9.25. The van der Waals surface area contributed by atoms with Gasteiger partial charge in [0, 0.05) is 19.2 Å². The summed E-state index contributed by atoms with van der Waals surface area (Å²) in [6.07, 6.45) is 10.1. The Kier molecular flexibility index (Phi) is 5.67. The number of hydrogen-bond donors (Lipinski definition) is 2. The summed E-state index contributed by atoms with van der Waals surface area (Å²) in [5.41, 5.74) is 6.50. The number of hydrogen-bond acceptors (Lipinski definition) is 3. The zero-order valence-corrected chi connectivity index (χ0v) is 12.6. The van der Waals surface area contributed by atoms with Crippen LogP contribution in [0.4, 0.5) is 0 Å². The van der Waals surface area contributed by atoms with E-state index in [9.17, 15) is 5.11 Å². The second-order valence-electron chi connectivity index (χ2n) is 7.02. The van der Waals surface area contributed by atoms with Crippen LogP contribution < -0.4 is 5.73 Å². The highest BCUT2D eigenvalue weighted by molar-refractivity contribution is 4.91. The lowest BCUT2D eigenvalue weighted by Gasteiger charge is -2.46. The van der Waals surface area contributed by atoms with Crippen LogP contribution >= 0.6 is 0 Å². The number of rotatable bonds is 5. The van der Waals surface area contributed by atoms with Gasteiger partial charge in [-0.2, -0.15) is 0 Å². The smallest absolute Gasteiger partial charge is 0.0445 e. The highest BCUT2D eigenvalue weighted by Crippen LogP contribution is 2.39. The predicted molar refractivity (Wildman–Crippen MR) is 80.0 cm³/mol. The number of aliphatic hydroxyl groups is 1. The molecule has 0 radical (unpaired) electrons. The minimum absolute atomic E-state index is 0.327. The molecule has 1 aliphatic carbocycles. The molecule has 0 amide bonds. The van der Waals surface area contributed by atoms with Crippen molar-refractivity contribution >= 4 is 0 Å². The molecule has 2 rings (SSSR count). The molecule has 1 heterocycles. The first-order valence-corrected chi connectivity index (χ1v) is 8.24. The van der Waals surface area contributed by atoms with Gasteiger partial charge in [-0.15, -0.1) is 0 Å². The second-order valence-corrected chi connectivity index (χ2v) is 7.02. The molecule has 2 aliphatic rings. The summed E-state index contributed by atoms with van der Waals surface area (Å²) in [7, 11) is 0. The van der Waals surface area contributed by atoms with Crippen molar-refractivity contribution in [1.82, 2.24) is 4.90 Å². The maximum absolute atomic E-state index is 9.25. The Balaban J connectivity index is 1.95. The first-order chi connectivity index (χ1) is 9.19. The topological polar surface area (TPSA) is 49.5 Å². The number of likely N-dealkylation sites (tertiary alicyclic amines) is 1. The molecule has 3 nitrogen and oxygen atoms in total. The van der Waals surface area contributed by atoms with Crippen LogP contribution in [0.2, 0.25) is 0 Å². The normalized spacial score (nSPS) is 37.4. The Morgan fingerprint density at radius 1 is 1.21 bits per heavy atom. The van der Waals surface area contributed by atoms with Gasteiger partial charge in [0.15, 0.2) is 0 Å². The Morgan fingerprint density at radius 2 is 1.95 bits per heavy atom. The van der Waals surface area contributed by atoms with Gasteiger partial charge in [0.25, 0.3) is 0 Å². The first-order valence-electron chi connectivity index (χ1n) is 8.24. The van der Waals surface area contributed by atoms with Gasteiger partial charge in [0.1, 0.15) is 0 Å². The maximum Gasteiger partial charge on any atom is 0.0445 e. The number of aliphatic hydroxyl groups excluding tert-OH is 1. The number of nitrogens with two attached hydrogens (primary N) is 1. The highest BCUT2D eigenvalue weighted by Gasteiger charge is 2.36. The molecule has 0 aromatic heterocycles. The van der Waals surface area contributed by atoms with Gasteiger partial charge in [-0.25, -0.2) is 0 Å². The van der Waals surface area contributed by atoms with Crippen molar-refractivity contribution in [2.45, 2.75) is 64.3 Å². The Bertz CT molecular complexity index is 259. The highest BCUT2D eigenvalue weighted by atomic mass is 16.3. The van der Waals surface area contributed by atoms with Crippen LogP contribution in [0.3, 0.4) is 0 Å². The molecule has 1 aliphatic heterocycles. The van der Waals surface area contributed by atoms with Crippen molar-refractivity contribution in [3.05, 3.63) is 0 Å². The Morgan fingerprint density at radius 3 is 2.58 bits per heavy atom. The van der Waals surface area contributed by atoms with Crippen LogP contribution in [0.15, 0.2) is 0 Å². The summed E-state index contributed by atoms with van der Waals surface area (Å²) >= 11 is 0. The van der Waals surface area contributed by atoms with E-state index >= 15 is 0 Å². The fourth-order valence-corrected chi connectivity index (χ4v) is 3.98. The van der Waals surface area contributed by atoms with Crippen LogP contribution in [0, 0.1) is 11.3 Å². The van der Waals surface area contributed by atoms with Crippen molar-refractivity contribution in [3.8, 4) is 0 Å².